The fourth-order valence-corrected chi connectivity index (χ4v) is 1.43. The van der Waals surface area contributed by atoms with Crippen molar-refractivity contribution in [1.82, 2.24) is 0 Å². The minimum absolute atomic E-state index is 0.269. The molecule has 1 aromatic carbocycles. The van der Waals surface area contributed by atoms with Crippen LogP contribution in [0.2, 0.25) is 0 Å². The van der Waals surface area contributed by atoms with Gasteiger partial charge in [0, 0.05) is 0 Å². The van der Waals surface area contributed by atoms with Crippen molar-refractivity contribution in [3.05, 3.63) is 47.5 Å². The number of aryl methyl sites for hydroxylation is 1. The third kappa shape index (κ3) is 4.79. The predicted molar refractivity (Wildman–Crippen MR) is 68.1 cm³/mol. The Morgan fingerprint density at radius 1 is 1.19 bits per heavy atom. The molecule has 0 unspecified atom stereocenters. The van der Waals surface area contributed by atoms with Crippen LogP contribution < -0.4 is 0 Å². The lowest BCUT2D eigenvalue weighted by Crippen LogP contribution is -1.98. The number of nitrogens with zero attached hydrogens (tertiary/aromatic N) is 1. The second-order valence-electron chi connectivity index (χ2n) is 5.12. The highest BCUT2D eigenvalue weighted by molar-refractivity contribution is 5.31. The van der Waals surface area contributed by atoms with Crippen molar-refractivity contribution < 1.29 is 0 Å². The Kier molecular flexibility index (Phi) is 4.31. The van der Waals surface area contributed by atoms with Crippen LogP contribution in [0.4, 0.5) is 0 Å². The zero-order valence-corrected chi connectivity index (χ0v) is 10.3. The van der Waals surface area contributed by atoms with E-state index < -0.39 is 0 Å². The van der Waals surface area contributed by atoms with Gasteiger partial charge < -0.3 is 0 Å². The van der Waals surface area contributed by atoms with Gasteiger partial charge in [0.1, 0.15) is 0 Å². The van der Waals surface area contributed by atoms with Crippen LogP contribution >= 0.6 is 0 Å². The third-order valence-electron chi connectivity index (χ3n) is 2.30. The van der Waals surface area contributed by atoms with Crippen molar-refractivity contribution in [2.75, 3.05) is 0 Å². The molecule has 1 aromatic rings. The van der Waals surface area contributed by atoms with Crippen molar-refractivity contribution in [3.63, 3.8) is 0 Å². The van der Waals surface area contributed by atoms with Crippen LogP contribution in [0, 0.1) is 16.7 Å². The molecule has 84 valence electrons. The van der Waals surface area contributed by atoms with Gasteiger partial charge in [-0.15, -0.1) is 0 Å². The first-order valence-electron chi connectivity index (χ1n) is 5.68. The van der Waals surface area contributed by atoms with E-state index in [1.807, 2.05) is 24.3 Å². The predicted octanol–water partition coefficient (Wildman–Crippen LogP) is 4.09. The SMILES string of the molecule is CC(C)(C)/C=C/CCc1ccc(C#N)cc1. The van der Waals surface area contributed by atoms with E-state index in [9.17, 15) is 0 Å². The fraction of sp³-hybridized carbons (Fsp3) is 0.400. The molecular formula is C15H19N. The van der Waals surface area contributed by atoms with E-state index in [0.29, 0.717) is 0 Å². The van der Waals surface area contributed by atoms with Gasteiger partial charge in [0.25, 0.3) is 0 Å². The largest absolute Gasteiger partial charge is 0.192 e. The standard InChI is InChI=1S/C15H19N/c1-15(2,3)11-5-4-6-13-7-9-14(12-16)10-8-13/h5,7-11H,4,6H2,1-3H3/b11-5+. The summed E-state index contributed by atoms with van der Waals surface area (Å²) in [7, 11) is 0. The molecular weight excluding hydrogens is 194 g/mol. The number of hydrogen-bond acceptors (Lipinski definition) is 1. The third-order valence-corrected chi connectivity index (χ3v) is 2.30. The molecule has 0 aliphatic rings. The molecule has 0 saturated carbocycles. The van der Waals surface area contributed by atoms with Crippen LogP contribution in [0.1, 0.15) is 38.3 Å². The van der Waals surface area contributed by atoms with Crippen LogP contribution in [-0.4, -0.2) is 0 Å². The summed E-state index contributed by atoms with van der Waals surface area (Å²) in [4.78, 5) is 0. The van der Waals surface area contributed by atoms with Gasteiger partial charge in [-0.25, -0.2) is 0 Å². The maximum atomic E-state index is 8.67. The zero-order chi connectivity index (χ0) is 12.0. The topological polar surface area (TPSA) is 23.8 Å². The second kappa shape index (κ2) is 5.51. The smallest absolute Gasteiger partial charge is 0.0991 e. The lowest BCUT2D eigenvalue weighted by molar-refractivity contribution is 0.542. The highest BCUT2D eigenvalue weighted by Crippen LogP contribution is 2.15. The molecule has 0 N–H and O–H groups in total. The molecule has 0 bridgehead atoms. The first-order chi connectivity index (χ1) is 7.51. The normalized spacial score (nSPS) is 11.6. The molecule has 1 heteroatoms. The Morgan fingerprint density at radius 2 is 1.81 bits per heavy atom. The molecule has 0 atom stereocenters. The second-order valence-corrected chi connectivity index (χ2v) is 5.12. The number of benzene rings is 1. The van der Waals surface area contributed by atoms with Gasteiger partial charge in [0.15, 0.2) is 0 Å². The Bertz CT molecular complexity index is 385. The summed E-state index contributed by atoms with van der Waals surface area (Å²) in [6, 6.07) is 9.95. The van der Waals surface area contributed by atoms with Crippen molar-refractivity contribution in [1.29, 1.82) is 5.26 Å². The van der Waals surface area contributed by atoms with Gasteiger partial charge in [0.2, 0.25) is 0 Å². The highest BCUT2D eigenvalue weighted by Gasteiger charge is 2.02. The molecule has 0 saturated heterocycles. The van der Waals surface area contributed by atoms with E-state index in [4.69, 9.17) is 5.26 Å². The molecule has 0 aromatic heterocycles. The highest BCUT2D eigenvalue weighted by atomic mass is 14.2. The molecule has 1 nitrogen and oxygen atoms in total. The van der Waals surface area contributed by atoms with E-state index in [1.54, 1.807) is 0 Å². The fourth-order valence-electron chi connectivity index (χ4n) is 1.43. The molecule has 0 aliphatic carbocycles. The lowest BCUT2D eigenvalue weighted by atomic mass is 9.95. The van der Waals surface area contributed by atoms with Crippen LogP contribution in [0.25, 0.3) is 0 Å². The summed E-state index contributed by atoms with van der Waals surface area (Å²) < 4.78 is 0. The minimum atomic E-state index is 0.269. The maximum absolute atomic E-state index is 8.67. The number of rotatable bonds is 3. The molecule has 1 rings (SSSR count). The number of hydrogen-bond donors (Lipinski definition) is 0. The van der Waals surface area contributed by atoms with Crippen LogP contribution in [0.15, 0.2) is 36.4 Å². The average Bonchev–Trinajstić information content (AvgIpc) is 2.24. The van der Waals surface area contributed by atoms with Crippen LogP contribution in [0.5, 0.6) is 0 Å². The van der Waals surface area contributed by atoms with Crippen molar-refractivity contribution >= 4 is 0 Å². The Hall–Kier alpha value is -1.55. The lowest BCUT2D eigenvalue weighted by Gasteiger charge is -2.10. The summed E-state index contributed by atoms with van der Waals surface area (Å²) in [5, 5.41) is 8.67. The number of nitriles is 1. The van der Waals surface area contributed by atoms with Gasteiger partial charge >= 0.3 is 0 Å². The van der Waals surface area contributed by atoms with Crippen LogP contribution in [-0.2, 0) is 6.42 Å². The molecule has 0 aliphatic heterocycles. The summed E-state index contributed by atoms with van der Waals surface area (Å²) >= 11 is 0. The summed E-state index contributed by atoms with van der Waals surface area (Å²) in [5.74, 6) is 0. The average molecular weight is 213 g/mol. The van der Waals surface area contributed by atoms with E-state index in [0.717, 1.165) is 18.4 Å². The van der Waals surface area contributed by atoms with Crippen molar-refractivity contribution in [3.8, 4) is 6.07 Å². The molecule has 0 fully saturated rings. The van der Waals surface area contributed by atoms with Gasteiger partial charge in [-0.05, 0) is 36.0 Å². The van der Waals surface area contributed by atoms with Gasteiger partial charge in [-0.3, -0.25) is 0 Å². The molecule has 0 spiro atoms. The van der Waals surface area contributed by atoms with Crippen LogP contribution in [0.3, 0.4) is 0 Å². The zero-order valence-electron chi connectivity index (χ0n) is 10.3. The Morgan fingerprint density at radius 3 is 2.31 bits per heavy atom. The molecule has 0 amide bonds. The van der Waals surface area contributed by atoms with E-state index in [1.165, 1.54) is 5.56 Å². The minimum Gasteiger partial charge on any atom is -0.192 e. The number of allylic oxidation sites excluding steroid dienone is 2. The van der Waals surface area contributed by atoms with Gasteiger partial charge in [-0.2, -0.15) is 5.26 Å². The van der Waals surface area contributed by atoms with Crippen molar-refractivity contribution in [2.45, 2.75) is 33.6 Å². The Balaban J connectivity index is 2.44. The molecule has 16 heavy (non-hydrogen) atoms. The maximum Gasteiger partial charge on any atom is 0.0991 e. The molecule has 0 heterocycles. The van der Waals surface area contributed by atoms with Gasteiger partial charge in [0.05, 0.1) is 11.6 Å². The monoisotopic (exact) mass is 213 g/mol. The summed E-state index contributed by atoms with van der Waals surface area (Å²) in [6.45, 7) is 6.60. The van der Waals surface area contributed by atoms with Crippen molar-refractivity contribution in [2.24, 2.45) is 5.41 Å². The van der Waals surface area contributed by atoms with E-state index >= 15 is 0 Å². The first kappa shape index (κ1) is 12.5. The summed E-state index contributed by atoms with van der Waals surface area (Å²) in [5.41, 5.74) is 2.29. The quantitative estimate of drug-likeness (QED) is 0.694. The first-order valence-corrected chi connectivity index (χ1v) is 5.68. The van der Waals surface area contributed by atoms with Gasteiger partial charge in [-0.1, -0.05) is 45.1 Å². The molecule has 0 radical (unpaired) electrons. The van der Waals surface area contributed by atoms with E-state index in [2.05, 4.69) is 39.0 Å². The summed E-state index contributed by atoms with van der Waals surface area (Å²) in [6.07, 6.45) is 6.58. The Labute approximate surface area is 98.4 Å². The van der Waals surface area contributed by atoms with E-state index in [-0.39, 0.29) is 5.41 Å².